The predicted octanol–water partition coefficient (Wildman–Crippen LogP) is 1.09. The molecule has 0 saturated carbocycles. The second-order valence-electron chi connectivity index (χ2n) is 6.01. The van der Waals surface area contributed by atoms with Crippen molar-refractivity contribution in [3.05, 3.63) is 17.0 Å². The van der Waals surface area contributed by atoms with E-state index in [4.69, 9.17) is 0 Å². The lowest BCUT2D eigenvalue weighted by molar-refractivity contribution is 0.320. The van der Waals surface area contributed by atoms with Gasteiger partial charge in [0.15, 0.2) is 0 Å². The summed E-state index contributed by atoms with van der Waals surface area (Å²) in [6.45, 7) is 8.87. The van der Waals surface area contributed by atoms with Crippen LogP contribution in [0.3, 0.4) is 0 Å². The summed E-state index contributed by atoms with van der Waals surface area (Å²) in [7, 11) is 2.01. The largest absolute Gasteiger partial charge is 0.345 e. The number of hydrogen-bond donors (Lipinski definition) is 1. The smallest absolute Gasteiger partial charge is 0.122 e. The number of imidazole rings is 1. The van der Waals surface area contributed by atoms with E-state index in [1.54, 1.807) is 6.33 Å². The molecule has 2 heterocycles. The van der Waals surface area contributed by atoms with Crippen LogP contribution < -0.4 is 10.7 Å². The molecule has 2 unspecified atom stereocenters. The Bertz CT molecular complexity index is 637. The second-order valence-corrected chi connectivity index (χ2v) is 6.01. The van der Waals surface area contributed by atoms with E-state index in [9.17, 15) is 0 Å². The van der Waals surface area contributed by atoms with Crippen molar-refractivity contribution in [1.29, 1.82) is 0 Å². The Morgan fingerprint density at radius 1 is 1.16 bits per heavy atom. The van der Waals surface area contributed by atoms with E-state index in [1.807, 2.05) is 12.1 Å². The van der Waals surface area contributed by atoms with Crippen LogP contribution in [0.1, 0.15) is 27.7 Å². The molecule has 0 spiro atoms. The van der Waals surface area contributed by atoms with Gasteiger partial charge in [-0.2, -0.15) is 5.11 Å². The monoisotopic (exact) mass is 259 g/mol. The van der Waals surface area contributed by atoms with Crippen LogP contribution in [0, 0.1) is 11.8 Å². The number of hydrogen-bond acceptors (Lipinski definition) is 4. The van der Waals surface area contributed by atoms with Crippen molar-refractivity contribution in [2.24, 2.45) is 22.2 Å². The summed E-state index contributed by atoms with van der Waals surface area (Å²) in [5.74, 6) is 0.875. The zero-order valence-corrected chi connectivity index (χ0v) is 12.2. The fourth-order valence-corrected chi connectivity index (χ4v) is 3.33. The van der Waals surface area contributed by atoms with Crippen LogP contribution in [-0.2, 0) is 0 Å². The summed E-state index contributed by atoms with van der Waals surface area (Å²) in [5.41, 5.74) is 2.67. The number of aromatic nitrogens is 2. The third-order valence-corrected chi connectivity index (χ3v) is 4.10. The Kier molecular flexibility index (Phi) is 2.73. The standard InChI is InChI=1S/C14H21N5/c1-7(2)9-11-12(16-6-15-11)10(8(3)4)14-13(9)17-18-19(14)5/h6-8,13-14H,1-5H3,(H,15,16). The molecule has 1 aromatic heterocycles. The van der Waals surface area contributed by atoms with Crippen molar-refractivity contribution in [2.45, 2.75) is 39.8 Å². The van der Waals surface area contributed by atoms with E-state index < -0.39 is 0 Å². The van der Waals surface area contributed by atoms with Gasteiger partial charge in [-0.1, -0.05) is 32.9 Å². The van der Waals surface area contributed by atoms with Crippen LogP contribution in [0.5, 0.6) is 0 Å². The van der Waals surface area contributed by atoms with Gasteiger partial charge in [0.2, 0.25) is 0 Å². The molecule has 1 aliphatic heterocycles. The van der Waals surface area contributed by atoms with Gasteiger partial charge in [-0.25, -0.2) is 4.98 Å². The Balaban J connectivity index is 2.38. The first-order chi connectivity index (χ1) is 9.02. The summed E-state index contributed by atoms with van der Waals surface area (Å²) in [5, 5.41) is 13.0. The van der Waals surface area contributed by atoms with Crippen LogP contribution in [0.15, 0.2) is 16.7 Å². The Morgan fingerprint density at radius 2 is 1.84 bits per heavy atom. The van der Waals surface area contributed by atoms with Crippen molar-refractivity contribution in [3.63, 3.8) is 0 Å². The first-order valence-electron chi connectivity index (χ1n) is 6.93. The molecule has 3 rings (SSSR count). The molecule has 2 aliphatic rings. The molecule has 1 aromatic rings. The average molecular weight is 259 g/mol. The van der Waals surface area contributed by atoms with Crippen LogP contribution in [-0.4, -0.2) is 34.1 Å². The first kappa shape index (κ1) is 12.4. The molecule has 102 valence electrons. The Morgan fingerprint density at radius 3 is 2.47 bits per heavy atom. The highest BCUT2D eigenvalue weighted by molar-refractivity contribution is 5.67. The van der Waals surface area contributed by atoms with Crippen molar-refractivity contribution in [3.8, 4) is 0 Å². The number of likely N-dealkylation sites (N-methyl/N-ethyl adjacent to an activating group) is 1. The molecule has 0 radical (unpaired) electrons. The predicted molar refractivity (Wildman–Crippen MR) is 74.5 cm³/mol. The third kappa shape index (κ3) is 1.64. The molecule has 19 heavy (non-hydrogen) atoms. The quantitative estimate of drug-likeness (QED) is 0.864. The highest BCUT2D eigenvalue weighted by Crippen LogP contribution is 2.35. The van der Waals surface area contributed by atoms with Gasteiger partial charge < -0.3 is 4.98 Å². The van der Waals surface area contributed by atoms with Gasteiger partial charge in [-0.3, -0.25) is 5.01 Å². The zero-order chi connectivity index (χ0) is 13.7. The van der Waals surface area contributed by atoms with Crippen molar-refractivity contribution in [2.75, 3.05) is 7.05 Å². The number of rotatable bonds is 2. The molecule has 1 aliphatic carbocycles. The van der Waals surface area contributed by atoms with E-state index in [-0.39, 0.29) is 12.1 Å². The lowest BCUT2D eigenvalue weighted by Gasteiger charge is -2.32. The zero-order valence-electron chi connectivity index (χ0n) is 12.2. The van der Waals surface area contributed by atoms with Gasteiger partial charge in [0.25, 0.3) is 0 Å². The molecule has 2 atom stereocenters. The van der Waals surface area contributed by atoms with Crippen molar-refractivity contribution < 1.29 is 0 Å². The minimum absolute atomic E-state index is 0.123. The van der Waals surface area contributed by atoms with E-state index in [1.165, 1.54) is 16.5 Å². The molecule has 0 amide bonds. The average Bonchev–Trinajstić information content (AvgIpc) is 2.93. The maximum atomic E-state index is 4.54. The molecular formula is C14H21N5. The second kappa shape index (κ2) is 4.18. The maximum Gasteiger partial charge on any atom is 0.122 e. The summed E-state index contributed by atoms with van der Waals surface area (Å²) in [6.07, 6.45) is 1.80. The minimum atomic E-state index is 0.123. The lowest BCUT2D eigenvalue weighted by atomic mass is 9.80. The van der Waals surface area contributed by atoms with Crippen LogP contribution in [0.2, 0.25) is 0 Å². The van der Waals surface area contributed by atoms with Crippen LogP contribution in [0.25, 0.3) is 11.1 Å². The normalized spacial score (nSPS) is 25.5. The molecule has 5 heteroatoms. The van der Waals surface area contributed by atoms with Gasteiger partial charge >= 0.3 is 0 Å². The van der Waals surface area contributed by atoms with Gasteiger partial charge in [0.1, 0.15) is 12.1 Å². The molecule has 1 N–H and O–H groups in total. The summed E-state index contributed by atoms with van der Waals surface area (Å²) < 4.78 is 0. The number of nitrogens with one attached hydrogen (secondary N) is 1. The third-order valence-electron chi connectivity index (χ3n) is 4.10. The lowest BCUT2D eigenvalue weighted by Crippen LogP contribution is -2.49. The Labute approximate surface area is 113 Å². The molecular weight excluding hydrogens is 238 g/mol. The maximum absolute atomic E-state index is 4.54. The van der Waals surface area contributed by atoms with E-state index in [0.29, 0.717) is 11.8 Å². The van der Waals surface area contributed by atoms with Gasteiger partial charge in [-0.15, -0.1) is 0 Å². The summed E-state index contributed by atoms with van der Waals surface area (Å²) >= 11 is 0. The Hall–Kier alpha value is -1.65. The molecule has 0 aromatic carbocycles. The fourth-order valence-electron chi connectivity index (χ4n) is 3.33. The van der Waals surface area contributed by atoms with Gasteiger partial charge in [-0.05, 0) is 23.0 Å². The van der Waals surface area contributed by atoms with E-state index in [0.717, 1.165) is 5.35 Å². The molecule has 0 fully saturated rings. The molecule has 0 bridgehead atoms. The number of aromatic amines is 1. The van der Waals surface area contributed by atoms with Crippen LogP contribution >= 0.6 is 0 Å². The van der Waals surface area contributed by atoms with Gasteiger partial charge in [0.05, 0.1) is 17.0 Å². The van der Waals surface area contributed by atoms with E-state index in [2.05, 4.69) is 48.0 Å². The van der Waals surface area contributed by atoms with Crippen molar-refractivity contribution >= 4 is 11.1 Å². The minimum Gasteiger partial charge on any atom is -0.345 e. The highest BCUT2D eigenvalue weighted by atomic mass is 15.6. The summed E-state index contributed by atoms with van der Waals surface area (Å²) in [4.78, 5) is 7.87. The van der Waals surface area contributed by atoms with Crippen LogP contribution in [0.4, 0.5) is 0 Å². The fraction of sp³-hybridized carbons (Fsp3) is 0.643. The molecule has 0 saturated heterocycles. The highest BCUT2D eigenvalue weighted by Gasteiger charge is 2.41. The number of nitrogens with zero attached hydrogens (tertiary/aromatic N) is 4. The first-order valence-corrected chi connectivity index (χ1v) is 6.93. The molecule has 5 nitrogen and oxygen atoms in total. The van der Waals surface area contributed by atoms with Gasteiger partial charge in [0, 0.05) is 7.05 Å². The number of fused-ring (bicyclic) bond motifs is 2. The van der Waals surface area contributed by atoms with E-state index >= 15 is 0 Å². The van der Waals surface area contributed by atoms with Crippen molar-refractivity contribution in [1.82, 2.24) is 15.0 Å². The SMILES string of the molecule is CC(C)C1=c2nc[nH]c2=C(C(C)C)C2C1N=NN2C. The number of H-pyrrole nitrogens is 1. The topological polar surface area (TPSA) is 56.6 Å². The summed E-state index contributed by atoms with van der Waals surface area (Å²) in [6, 6.07) is 0.364.